The molecule has 1 N–H and O–H groups in total. The van der Waals surface area contributed by atoms with Gasteiger partial charge in [0, 0.05) is 17.8 Å². The van der Waals surface area contributed by atoms with E-state index in [1.807, 2.05) is 32.0 Å². The van der Waals surface area contributed by atoms with Gasteiger partial charge < -0.3 is 10.1 Å². The number of esters is 1. The van der Waals surface area contributed by atoms with Gasteiger partial charge in [-0.15, -0.1) is 0 Å². The van der Waals surface area contributed by atoms with Crippen molar-refractivity contribution < 1.29 is 19.2 Å². The number of amides is 1. The van der Waals surface area contributed by atoms with Crippen LogP contribution < -0.4 is 5.32 Å². The summed E-state index contributed by atoms with van der Waals surface area (Å²) in [6.07, 6.45) is 0.746. The number of rotatable bonds is 6. The second kappa shape index (κ2) is 8.44. The first-order chi connectivity index (χ1) is 12.3. The van der Waals surface area contributed by atoms with Crippen molar-refractivity contribution in [2.45, 2.75) is 20.3 Å². The lowest BCUT2D eigenvalue weighted by molar-refractivity contribution is -0.384. The number of carbonyl (C=O) groups is 2. The highest BCUT2D eigenvalue weighted by Crippen LogP contribution is 2.23. The van der Waals surface area contributed by atoms with Gasteiger partial charge >= 0.3 is 5.97 Å². The number of halogens is 1. The van der Waals surface area contributed by atoms with E-state index in [1.54, 1.807) is 0 Å². The van der Waals surface area contributed by atoms with Gasteiger partial charge in [-0.25, -0.2) is 4.79 Å². The summed E-state index contributed by atoms with van der Waals surface area (Å²) in [6, 6.07) is 9.07. The van der Waals surface area contributed by atoms with Gasteiger partial charge in [-0.1, -0.05) is 36.7 Å². The molecule has 0 aliphatic rings. The quantitative estimate of drug-likeness (QED) is 0.468. The predicted octanol–water partition coefficient (Wildman–Crippen LogP) is 3.91. The Hall–Kier alpha value is -2.93. The maximum atomic E-state index is 12.1. The number of non-ortho nitro benzene ring substituents is 1. The van der Waals surface area contributed by atoms with Gasteiger partial charge in [0.05, 0.1) is 15.5 Å². The molecular formula is C18H17ClN2O5. The molecule has 0 aliphatic heterocycles. The van der Waals surface area contributed by atoms with Crippen LogP contribution in [0, 0.1) is 17.0 Å². The molecule has 0 aliphatic carbocycles. The van der Waals surface area contributed by atoms with Crippen LogP contribution in [-0.2, 0) is 16.0 Å². The molecular weight excluding hydrogens is 360 g/mol. The lowest BCUT2D eigenvalue weighted by atomic mass is 10.1. The van der Waals surface area contributed by atoms with Crippen LogP contribution >= 0.6 is 11.6 Å². The minimum Gasteiger partial charge on any atom is -0.452 e. The summed E-state index contributed by atoms with van der Waals surface area (Å²) in [7, 11) is 0. The van der Waals surface area contributed by atoms with E-state index in [0.717, 1.165) is 29.7 Å². The average molecular weight is 377 g/mol. The zero-order valence-electron chi connectivity index (χ0n) is 14.2. The Labute approximate surface area is 155 Å². The van der Waals surface area contributed by atoms with Crippen molar-refractivity contribution in [3.05, 3.63) is 68.2 Å². The molecule has 8 heteroatoms. The smallest absolute Gasteiger partial charge is 0.340 e. The molecule has 2 rings (SSSR count). The highest BCUT2D eigenvalue weighted by atomic mass is 35.5. The number of nitrogens with one attached hydrogen (secondary N) is 1. The van der Waals surface area contributed by atoms with E-state index in [1.165, 1.54) is 6.07 Å². The van der Waals surface area contributed by atoms with E-state index in [-0.39, 0.29) is 16.3 Å². The Morgan fingerprint density at radius 1 is 1.27 bits per heavy atom. The number of aryl methyl sites for hydroxylation is 2. The Bertz CT molecular complexity index is 867. The summed E-state index contributed by atoms with van der Waals surface area (Å²) < 4.78 is 4.95. The van der Waals surface area contributed by atoms with E-state index in [0.29, 0.717) is 5.69 Å². The van der Waals surface area contributed by atoms with Gasteiger partial charge in [-0.05, 0) is 30.5 Å². The Kier molecular flexibility index (Phi) is 6.30. The monoisotopic (exact) mass is 376 g/mol. The highest BCUT2D eigenvalue weighted by Gasteiger charge is 2.17. The molecule has 0 heterocycles. The van der Waals surface area contributed by atoms with Crippen LogP contribution in [-0.4, -0.2) is 23.4 Å². The molecule has 0 fully saturated rings. The molecule has 0 saturated carbocycles. The molecule has 2 aromatic rings. The first-order valence-electron chi connectivity index (χ1n) is 7.83. The number of ether oxygens (including phenoxy) is 1. The number of hydrogen-bond acceptors (Lipinski definition) is 5. The number of nitro groups is 1. The normalized spacial score (nSPS) is 10.3. The standard InChI is InChI=1S/C18H17ClN2O5/c1-3-12-6-4-5-11(2)17(12)20-16(22)10-26-18(23)14-8-7-13(21(24)25)9-15(14)19/h4-9H,3,10H2,1-2H3,(H,20,22). The van der Waals surface area contributed by atoms with Crippen LogP contribution in [0.1, 0.15) is 28.4 Å². The van der Waals surface area contributed by atoms with Gasteiger partial charge in [0.15, 0.2) is 6.61 Å². The maximum absolute atomic E-state index is 12.1. The van der Waals surface area contributed by atoms with Crippen molar-refractivity contribution >= 4 is 34.9 Å². The van der Waals surface area contributed by atoms with E-state index in [4.69, 9.17) is 16.3 Å². The summed E-state index contributed by atoms with van der Waals surface area (Å²) >= 11 is 5.87. The third-order valence-corrected chi connectivity index (χ3v) is 4.03. The Morgan fingerprint density at radius 3 is 2.62 bits per heavy atom. The molecule has 0 radical (unpaired) electrons. The largest absolute Gasteiger partial charge is 0.452 e. The van der Waals surface area contributed by atoms with Gasteiger partial charge in [0.2, 0.25) is 0 Å². The number of nitrogens with zero attached hydrogens (tertiary/aromatic N) is 1. The second-order valence-corrected chi connectivity index (χ2v) is 5.92. The highest BCUT2D eigenvalue weighted by molar-refractivity contribution is 6.33. The van der Waals surface area contributed by atoms with Crippen molar-refractivity contribution in [2.75, 3.05) is 11.9 Å². The molecule has 1 amide bonds. The first-order valence-corrected chi connectivity index (χ1v) is 8.20. The molecule has 0 atom stereocenters. The van der Waals surface area contributed by atoms with E-state index in [9.17, 15) is 19.7 Å². The number of hydrogen-bond donors (Lipinski definition) is 1. The fraction of sp³-hybridized carbons (Fsp3) is 0.222. The molecule has 0 saturated heterocycles. The predicted molar refractivity (Wildman–Crippen MR) is 97.6 cm³/mol. The summed E-state index contributed by atoms with van der Waals surface area (Å²) in [5.74, 6) is -1.32. The second-order valence-electron chi connectivity index (χ2n) is 5.51. The van der Waals surface area contributed by atoms with Gasteiger partial charge in [0.1, 0.15) is 0 Å². The minimum absolute atomic E-state index is 0.0461. The summed E-state index contributed by atoms with van der Waals surface area (Å²) in [4.78, 5) is 34.2. The Morgan fingerprint density at radius 2 is 2.00 bits per heavy atom. The number of carbonyl (C=O) groups excluding carboxylic acids is 2. The molecule has 26 heavy (non-hydrogen) atoms. The van der Waals surface area contributed by atoms with E-state index < -0.39 is 23.4 Å². The maximum Gasteiger partial charge on any atom is 0.340 e. The van der Waals surface area contributed by atoms with Crippen LogP contribution in [0.2, 0.25) is 5.02 Å². The van der Waals surface area contributed by atoms with Crippen molar-refractivity contribution in [2.24, 2.45) is 0 Å². The zero-order valence-corrected chi connectivity index (χ0v) is 15.0. The van der Waals surface area contributed by atoms with Crippen molar-refractivity contribution in [3.8, 4) is 0 Å². The van der Waals surface area contributed by atoms with Crippen molar-refractivity contribution in [1.82, 2.24) is 0 Å². The minimum atomic E-state index is -0.833. The molecule has 0 bridgehead atoms. The fourth-order valence-electron chi connectivity index (χ4n) is 2.37. The SMILES string of the molecule is CCc1cccc(C)c1NC(=O)COC(=O)c1ccc([N+](=O)[O-])cc1Cl. The summed E-state index contributed by atoms with van der Waals surface area (Å²) in [6.45, 7) is 3.35. The number of para-hydroxylation sites is 1. The number of benzene rings is 2. The molecule has 136 valence electrons. The number of anilines is 1. The summed E-state index contributed by atoms with van der Waals surface area (Å²) in [5, 5.41) is 13.3. The summed E-state index contributed by atoms with van der Waals surface area (Å²) in [5.41, 5.74) is 2.29. The molecule has 0 unspecified atom stereocenters. The van der Waals surface area contributed by atoms with Crippen LogP contribution in [0.3, 0.4) is 0 Å². The van der Waals surface area contributed by atoms with Gasteiger partial charge in [-0.3, -0.25) is 14.9 Å². The molecule has 2 aromatic carbocycles. The third kappa shape index (κ3) is 4.58. The lowest BCUT2D eigenvalue weighted by Gasteiger charge is -2.13. The fourth-order valence-corrected chi connectivity index (χ4v) is 2.62. The topological polar surface area (TPSA) is 98.5 Å². The molecule has 0 spiro atoms. The van der Waals surface area contributed by atoms with Gasteiger partial charge in [0.25, 0.3) is 11.6 Å². The van der Waals surface area contributed by atoms with E-state index in [2.05, 4.69) is 5.32 Å². The average Bonchev–Trinajstić information content (AvgIpc) is 2.61. The lowest BCUT2D eigenvalue weighted by Crippen LogP contribution is -2.22. The number of nitro benzene ring substituents is 1. The molecule has 0 aromatic heterocycles. The van der Waals surface area contributed by atoms with E-state index >= 15 is 0 Å². The van der Waals surface area contributed by atoms with Crippen molar-refractivity contribution in [3.63, 3.8) is 0 Å². The van der Waals surface area contributed by atoms with Gasteiger partial charge in [-0.2, -0.15) is 0 Å². The first kappa shape index (κ1) is 19.4. The van der Waals surface area contributed by atoms with Crippen LogP contribution in [0.15, 0.2) is 36.4 Å². The van der Waals surface area contributed by atoms with Crippen LogP contribution in [0.5, 0.6) is 0 Å². The molecule has 7 nitrogen and oxygen atoms in total. The van der Waals surface area contributed by atoms with Crippen molar-refractivity contribution in [1.29, 1.82) is 0 Å². The van der Waals surface area contributed by atoms with Crippen LogP contribution in [0.25, 0.3) is 0 Å². The third-order valence-electron chi connectivity index (χ3n) is 3.72. The Balaban J connectivity index is 2.02. The van der Waals surface area contributed by atoms with Crippen LogP contribution in [0.4, 0.5) is 11.4 Å². The zero-order chi connectivity index (χ0) is 19.3.